The zero-order chi connectivity index (χ0) is 24.2. The number of benzene rings is 1. The summed E-state index contributed by atoms with van der Waals surface area (Å²) in [5, 5.41) is 22.9. The second-order valence-electron chi connectivity index (χ2n) is 8.57. The maximum Gasteiger partial charge on any atom is 0.455 e. The van der Waals surface area contributed by atoms with E-state index < -0.39 is 19.0 Å². The van der Waals surface area contributed by atoms with Crippen LogP contribution in [0.15, 0.2) is 24.3 Å². The van der Waals surface area contributed by atoms with Gasteiger partial charge in [0.05, 0.1) is 25.3 Å². The number of likely N-dealkylation sites (tertiary alicyclic amines) is 1. The van der Waals surface area contributed by atoms with E-state index in [1.165, 1.54) is 5.56 Å². The molecule has 0 bridgehead atoms. The standard InChI is InChI=1S/C24H36BN3O5/c1-4-18-8-6-9-19(12-18)13-20(25(31)32)14-23(29)22(27-5-2)17-33-16-21-10-7-11-28(21)24(30)15-26-3/h6,8-9,12,20-22,27,31-32H,4-5,7,10-11,13-17H2,1-2H3/t20-,21-,22+/m1/s1. The van der Waals surface area contributed by atoms with Gasteiger partial charge in [0.2, 0.25) is 0 Å². The van der Waals surface area contributed by atoms with E-state index in [2.05, 4.69) is 17.1 Å². The number of nitrogens with zero attached hydrogens (tertiary/aromatic N) is 2. The Bertz CT molecular complexity index is 814. The Morgan fingerprint density at radius 3 is 2.76 bits per heavy atom. The lowest BCUT2D eigenvalue weighted by Crippen LogP contribution is -2.44. The van der Waals surface area contributed by atoms with Crippen LogP contribution in [0, 0.1) is 6.57 Å². The number of nitrogens with one attached hydrogen (secondary N) is 1. The van der Waals surface area contributed by atoms with E-state index in [4.69, 9.17) is 11.3 Å². The van der Waals surface area contributed by atoms with Gasteiger partial charge in [-0.2, -0.15) is 0 Å². The van der Waals surface area contributed by atoms with Gasteiger partial charge >= 0.3 is 13.0 Å². The van der Waals surface area contributed by atoms with Crippen LogP contribution in [0.25, 0.3) is 4.85 Å². The smallest absolute Gasteiger partial charge is 0.427 e. The zero-order valence-electron chi connectivity index (χ0n) is 19.7. The molecule has 0 aliphatic carbocycles. The molecule has 1 saturated heterocycles. The maximum atomic E-state index is 13.0. The lowest BCUT2D eigenvalue weighted by atomic mass is 9.66. The molecule has 0 aromatic heterocycles. The molecule has 0 radical (unpaired) electrons. The van der Waals surface area contributed by atoms with Crippen molar-refractivity contribution in [2.24, 2.45) is 0 Å². The zero-order valence-corrected chi connectivity index (χ0v) is 19.7. The third-order valence-corrected chi connectivity index (χ3v) is 6.13. The molecule has 9 heteroatoms. The molecule has 1 aromatic carbocycles. The monoisotopic (exact) mass is 457 g/mol. The van der Waals surface area contributed by atoms with Crippen LogP contribution in [-0.4, -0.2) is 78.7 Å². The largest absolute Gasteiger partial charge is 0.455 e. The highest BCUT2D eigenvalue weighted by atomic mass is 16.5. The van der Waals surface area contributed by atoms with Crippen molar-refractivity contribution in [3.8, 4) is 0 Å². The first-order valence-electron chi connectivity index (χ1n) is 11.8. The summed E-state index contributed by atoms with van der Waals surface area (Å²) in [5.74, 6) is -0.918. The highest BCUT2D eigenvalue weighted by Gasteiger charge is 2.32. The number of ether oxygens (including phenoxy) is 1. The molecule has 0 spiro atoms. The van der Waals surface area contributed by atoms with Crippen LogP contribution in [0.3, 0.4) is 0 Å². The SMILES string of the molecule is [C-]#[N+]CC(=O)N1CCC[C@@H]1COC[C@H](NCC)C(=O)C[C@@H](Cc1cccc(CC)c1)B(O)O. The van der Waals surface area contributed by atoms with E-state index >= 15 is 0 Å². The highest BCUT2D eigenvalue weighted by Crippen LogP contribution is 2.22. The van der Waals surface area contributed by atoms with Crippen molar-refractivity contribution in [1.29, 1.82) is 0 Å². The van der Waals surface area contributed by atoms with Crippen LogP contribution < -0.4 is 5.32 Å². The van der Waals surface area contributed by atoms with Gasteiger partial charge in [-0.1, -0.05) is 38.1 Å². The molecule has 1 fully saturated rings. The lowest BCUT2D eigenvalue weighted by Gasteiger charge is -2.25. The predicted molar refractivity (Wildman–Crippen MR) is 128 cm³/mol. The summed E-state index contributed by atoms with van der Waals surface area (Å²) in [4.78, 5) is 29.9. The van der Waals surface area contributed by atoms with E-state index in [0.717, 1.165) is 24.8 Å². The van der Waals surface area contributed by atoms with Crippen LogP contribution in [0.2, 0.25) is 5.82 Å². The lowest BCUT2D eigenvalue weighted by molar-refractivity contribution is -0.131. The number of carbonyl (C=O) groups excluding carboxylic acids is 2. The van der Waals surface area contributed by atoms with Crippen LogP contribution in [0.1, 0.15) is 44.2 Å². The van der Waals surface area contributed by atoms with Gasteiger partial charge < -0.3 is 29.8 Å². The van der Waals surface area contributed by atoms with E-state index in [1.54, 1.807) is 4.90 Å². The minimum atomic E-state index is -1.59. The fourth-order valence-electron chi connectivity index (χ4n) is 4.29. The van der Waals surface area contributed by atoms with Gasteiger partial charge in [-0.3, -0.25) is 9.59 Å². The molecule has 180 valence electrons. The Hall–Kier alpha value is -2.25. The average molecular weight is 457 g/mol. The fraction of sp³-hybridized carbons (Fsp3) is 0.625. The van der Waals surface area contributed by atoms with Gasteiger partial charge in [0.25, 0.3) is 6.54 Å². The van der Waals surface area contributed by atoms with Gasteiger partial charge in [0.1, 0.15) is 0 Å². The molecule has 1 aromatic rings. The van der Waals surface area contributed by atoms with Crippen molar-refractivity contribution in [2.75, 3.05) is 32.8 Å². The van der Waals surface area contributed by atoms with Crippen molar-refractivity contribution < 1.29 is 24.4 Å². The molecule has 1 amide bonds. The number of carbonyl (C=O) groups is 2. The second-order valence-corrected chi connectivity index (χ2v) is 8.57. The van der Waals surface area contributed by atoms with Crippen molar-refractivity contribution in [1.82, 2.24) is 10.2 Å². The van der Waals surface area contributed by atoms with Crippen LogP contribution >= 0.6 is 0 Å². The van der Waals surface area contributed by atoms with Gasteiger partial charge in [-0.15, -0.1) is 0 Å². The van der Waals surface area contributed by atoms with Crippen molar-refractivity contribution in [3.05, 3.63) is 46.8 Å². The Morgan fingerprint density at radius 1 is 1.33 bits per heavy atom. The molecule has 0 unspecified atom stereocenters. The molecule has 1 heterocycles. The number of hydrogen-bond donors (Lipinski definition) is 3. The molecule has 3 atom stereocenters. The maximum absolute atomic E-state index is 13.0. The Morgan fingerprint density at radius 2 is 2.09 bits per heavy atom. The number of Topliss-reactive ketones (excluding diaryl/α,β-unsaturated/α-hetero) is 1. The molecule has 33 heavy (non-hydrogen) atoms. The predicted octanol–water partition coefficient (Wildman–Crippen LogP) is 1.50. The minimum Gasteiger partial charge on any atom is -0.427 e. The molecule has 0 saturated carbocycles. The number of aryl methyl sites for hydroxylation is 1. The van der Waals surface area contributed by atoms with Gasteiger partial charge in [-0.25, -0.2) is 6.57 Å². The number of hydrogen-bond acceptors (Lipinski definition) is 6. The number of likely N-dealkylation sites (N-methyl/N-ethyl adjacent to an activating group) is 1. The van der Waals surface area contributed by atoms with Crippen LogP contribution in [0.4, 0.5) is 0 Å². The Labute approximate surface area is 197 Å². The highest BCUT2D eigenvalue weighted by molar-refractivity contribution is 6.43. The quantitative estimate of drug-likeness (QED) is 0.289. The van der Waals surface area contributed by atoms with Crippen molar-refractivity contribution in [2.45, 2.75) is 63.9 Å². The number of amides is 1. The van der Waals surface area contributed by atoms with E-state index in [9.17, 15) is 19.6 Å². The molecule has 1 aliphatic rings. The van der Waals surface area contributed by atoms with Crippen LogP contribution in [-0.2, 0) is 27.2 Å². The first kappa shape index (κ1) is 27.0. The third-order valence-electron chi connectivity index (χ3n) is 6.13. The molecule has 1 aliphatic heterocycles. The summed E-state index contributed by atoms with van der Waals surface area (Å²) < 4.78 is 5.82. The Balaban J connectivity index is 1.92. The summed E-state index contributed by atoms with van der Waals surface area (Å²) >= 11 is 0. The molecular weight excluding hydrogens is 421 g/mol. The molecule has 3 N–H and O–H groups in total. The summed E-state index contributed by atoms with van der Waals surface area (Å²) in [6.45, 7) is 12.4. The van der Waals surface area contributed by atoms with Crippen LogP contribution in [0.5, 0.6) is 0 Å². The average Bonchev–Trinajstić information content (AvgIpc) is 3.27. The number of rotatable bonds is 14. The fourth-order valence-corrected chi connectivity index (χ4v) is 4.29. The summed E-state index contributed by atoms with van der Waals surface area (Å²) in [5.41, 5.74) is 2.14. The van der Waals surface area contributed by atoms with Crippen molar-refractivity contribution >= 4 is 18.8 Å². The second kappa shape index (κ2) is 14.1. The Kier molecular flexibility index (Phi) is 11.5. The molecule has 2 rings (SSSR count). The molecular formula is C24H36BN3O5. The van der Waals surface area contributed by atoms with Gasteiger partial charge in [-0.05, 0) is 43.4 Å². The first-order chi connectivity index (χ1) is 15.9. The topological polar surface area (TPSA) is 103 Å². The van der Waals surface area contributed by atoms with E-state index in [-0.39, 0.29) is 37.3 Å². The summed E-state index contributed by atoms with van der Waals surface area (Å²) in [7, 11) is -1.59. The van der Waals surface area contributed by atoms with E-state index in [1.807, 2.05) is 31.2 Å². The number of ketones is 1. The van der Waals surface area contributed by atoms with Gasteiger partial charge in [0.15, 0.2) is 5.78 Å². The third kappa shape index (κ3) is 8.56. The molecule has 8 nitrogen and oxygen atoms in total. The van der Waals surface area contributed by atoms with E-state index in [0.29, 0.717) is 26.1 Å². The normalized spacial score (nSPS) is 17.4. The minimum absolute atomic E-state index is 0.0219. The first-order valence-corrected chi connectivity index (χ1v) is 11.8. The van der Waals surface area contributed by atoms with Gasteiger partial charge in [0, 0.05) is 18.8 Å². The summed E-state index contributed by atoms with van der Waals surface area (Å²) in [6.07, 6.45) is 3.01. The van der Waals surface area contributed by atoms with Crippen molar-refractivity contribution in [3.63, 3.8) is 0 Å². The summed E-state index contributed by atoms with van der Waals surface area (Å²) in [6, 6.07) is 7.31.